The summed E-state index contributed by atoms with van der Waals surface area (Å²) in [7, 11) is 0. The fraction of sp³-hybridized carbons (Fsp3) is 0.143. The van der Waals surface area contributed by atoms with Gasteiger partial charge in [-0.05, 0) is 36.6 Å². The number of anilines is 1. The van der Waals surface area contributed by atoms with Crippen LogP contribution in [0.5, 0.6) is 0 Å². The normalized spacial score (nSPS) is 10.9. The molecule has 0 aliphatic carbocycles. The Balaban J connectivity index is 1.39. The maximum Gasteiger partial charge on any atom is 0.148 e. The zero-order valence-electron chi connectivity index (χ0n) is 14.2. The zero-order chi connectivity index (χ0) is 17.1. The number of nitrogens with zero attached hydrogens (tertiary/aromatic N) is 3. The summed E-state index contributed by atoms with van der Waals surface area (Å²) in [6.45, 7) is 3.77. The Bertz CT molecular complexity index is 969. The molecule has 2 aromatic carbocycles. The van der Waals surface area contributed by atoms with Crippen molar-refractivity contribution in [3.05, 3.63) is 78.5 Å². The molecule has 2 aromatic heterocycles. The standard InChI is InChI=1S/C21H20N4/c1-16-6-8-17(9-7-16)19-10-11-21(24-23-19)22-13-15-25-14-12-18-4-2-3-5-20(18)25/h2-12,14H,13,15H2,1H3,(H,22,24). The first kappa shape index (κ1) is 15.4. The Morgan fingerprint density at radius 1 is 0.880 bits per heavy atom. The molecule has 0 unspecified atom stereocenters. The van der Waals surface area contributed by atoms with E-state index in [2.05, 4.69) is 87.8 Å². The molecule has 0 bridgehead atoms. The lowest BCUT2D eigenvalue weighted by atomic mass is 10.1. The monoisotopic (exact) mass is 328 g/mol. The van der Waals surface area contributed by atoms with Crippen LogP contribution in [-0.4, -0.2) is 21.3 Å². The number of nitrogens with one attached hydrogen (secondary N) is 1. The van der Waals surface area contributed by atoms with Gasteiger partial charge in [-0.25, -0.2) is 0 Å². The molecule has 2 heterocycles. The van der Waals surface area contributed by atoms with Crippen LogP contribution in [0.15, 0.2) is 72.9 Å². The van der Waals surface area contributed by atoms with Crippen LogP contribution in [0.2, 0.25) is 0 Å². The minimum atomic E-state index is 0.798. The van der Waals surface area contributed by atoms with Gasteiger partial charge in [-0.2, -0.15) is 0 Å². The van der Waals surface area contributed by atoms with Crippen LogP contribution in [0, 0.1) is 6.92 Å². The maximum absolute atomic E-state index is 4.32. The highest BCUT2D eigenvalue weighted by Crippen LogP contribution is 2.18. The molecule has 4 rings (SSSR count). The third-order valence-corrected chi connectivity index (χ3v) is 4.35. The Hall–Kier alpha value is -3.14. The molecule has 0 fully saturated rings. The van der Waals surface area contributed by atoms with Gasteiger partial charge in [0.05, 0.1) is 5.69 Å². The van der Waals surface area contributed by atoms with Gasteiger partial charge in [0.1, 0.15) is 5.82 Å². The summed E-state index contributed by atoms with van der Waals surface area (Å²) in [6.07, 6.45) is 2.12. The van der Waals surface area contributed by atoms with Crippen molar-refractivity contribution in [3.8, 4) is 11.3 Å². The number of benzene rings is 2. The molecule has 0 atom stereocenters. The van der Waals surface area contributed by atoms with E-state index in [9.17, 15) is 0 Å². The second-order valence-corrected chi connectivity index (χ2v) is 6.16. The lowest BCUT2D eigenvalue weighted by Crippen LogP contribution is -2.11. The quantitative estimate of drug-likeness (QED) is 0.586. The average Bonchev–Trinajstić information content (AvgIpc) is 3.06. The van der Waals surface area contributed by atoms with E-state index in [-0.39, 0.29) is 0 Å². The molecule has 25 heavy (non-hydrogen) atoms. The zero-order valence-corrected chi connectivity index (χ0v) is 14.2. The molecule has 0 aliphatic rings. The van der Waals surface area contributed by atoms with E-state index in [0.29, 0.717) is 0 Å². The number of aromatic nitrogens is 3. The third kappa shape index (κ3) is 3.38. The molecule has 0 amide bonds. The first-order valence-corrected chi connectivity index (χ1v) is 8.48. The van der Waals surface area contributed by atoms with Crippen LogP contribution in [0.1, 0.15) is 5.56 Å². The summed E-state index contributed by atoms with van der Waals surface area (Å²) in [6, 6.07) is 22.9. The molecule has 4 nitrogen and oxygen atoms in total. The summed E-state index contributed by atoms with van der Waals surface area (Å²) in [4.78, 5) is 0. The fourth-order valence-electron chi connectivity index (χ4n) is 2.94. The number of para-hydroxylation sites is 1. The van der Waals surface area contributed by atoms with Crippen LogP contribution in [0.25, 0.3) is 22.2 Å². The van der Waals surface area contributed by atoms with Crippen LogP contribution in [0.4, 0.5) is 5.82 Å². The third-order valence-electron chi connectivity index (χ3n) is 4.35. The summed E-state index contributed by atoms with van der Waals surface area (Å²) in [5.41, 5.74) is 4.48. The van der Waals surface area contributed by atoms with Crippen LogP contribution < -0.4 is 5.32 Å². The minimum absolute atomic E-state index is 0.798. The molecule has 0 saturated heterocycles. The van der Waals surface area contributed by atoms with Gasteiger partial charge >= 0.3 is 0 Å². The number of fused-ring (bicyclic) bond motifs is 1. The van der Waals surface area contributed by atoms with Crippen molar-refractivity contribution >= 4 is 16.7 Å². The largest absolute Gasteiger partial charge is 0.367 e. The summed E-state index contributed by atoms with van der Waals surface area (Å²) >= 11 is 0. The predicted molar refractivity (Wildman–Crippen MR) is 103 cm³/mol. The van der Waals surface area contributed by atoms with Gasteiger partial charge in [0, 0.05) is 30.4 Å². The van der Waals surface area contributed by atoms with E-state index in [1.807, 2.05) is 12.1 Å². The van der Waals surface area contributed by atoms with Crippen molar-refractivity contribution in [2.45, 2.75) is 13.5 Å². The number of aryl methyl sites for hydroxylation is 1. The van der Waals surface area contributed by atoms with E-state index in [0.717, 1.165) is 30.2 Å². The topological polar surface area (TPSA) is 42.7 Å². The van der Waals surface area contributed by atoms with Crippen LogP contribution in [0.3, 0.4) is 0 Å². The van der Waals surface area contributed by atoms with Gasteiger partial charge in [-0.1, -0.05) is 48.0 Å². The lowest BCUT2D eigenvalue weighted by Gasteiger charge is -2.08. The Morgan fingerprint density at radius 2 is 1.72 bits per heavy atom. The minimum Gasteiger partial charge on any atom is -0.367 e. The van der Waals surface area contributed by atoms with Gasteiger partial charge in [-0.15, -0.1) is 10.2 Å². The van der Waals surface area contributed by atoms with E-state index < -0.39 is 0 Å². The summed E-state index contributed by atoms with van der Waals surface area (Å²) < 4.78 is 2.25. The molecule has 0 spiro atoms. The maximum atomic E-state index is 4.32. The molecule has 0 radical (unpaired) electrons. The lowest BCUT2D eigenvalue weighted by molar-refractivity contribution is 0.753. The van der Waals surface area contributed by atoms with E-state index in [4.69, 9.17) is 0 Å². The number of rotatable bonds is 5. The highest BCUT2D eigenvalue weighted by atomic mass is 15.2. The van der Waals surface area contributed by atoms with Gasteiger partial charge in [0.2, 0.25) is 0 Å². The molecule has 0 aliphatic heterocycles. The van der Waals surface area contributed by atoms with E-state index >= 15 is 0 Å². The first-order valence-electron chi connectivity index (χ1n) is 8.48. The highest BCUT2D eigenvalue weighted by molar-refractivity contribution is 5.79. The molecular weight excluding hydrogens is 308 g/mol. The Labute approximate surface area is 147 Å². The number of hydrogen-bond donors (Lipinski definition) is 1. The van der Waals surface area contributed by atoms with Crippen molar-refractivity contribution in [1.82, 2.24) is 14.8 Å². The first-order chi connectivity index (χ1) is 12.3. The SMILES string of the molecule is Cc1ccc(-c2ccc(NCCn3ccc4ccccc43)nn2)cc1. The van der Waals surface area contributed by atoms with Crippen molar-refractivity contribution < 1.29 is 0 Å². The number of hydrogen-bond acceptors (Lipinski definition) is 3. The van der Waals surface area contributed by atoms with Crippen LogP contribution >= 0.6 is 0 Å². The molecular formula is C21H20N4. The van der Waals surface area contributed by atoms with E-state index in [1.54, 1.807) is 0 Å². The van der Waals surface area contributed by atoms with Crippen molar-refractivity contribution in [2.75, 3.05) is 11.9 Å². The highest BCUT2D eigenvalue weighted by Gasteiger charge is 2.02. The summed E-state index contributed by atoms with van der Waals surface area (Å²) in [5.74, 6) is 0.798. The van der Waals surface area contributed by atoms with Crippen molar-refractivity contribution in [2.24, 2.45) is 0 Å². The molecule has 124 valence electrons. The molecule has 4 heteroatoms. The summed E-state index contributed by atoms with van der Waals surface area (Å²) in [5, 5.41) is 13.2. The smallest absolute Gasteiger partial charge is 0.148 e. The average molecular weight is 328 g/mol. The van der Waals surface area contributed by atoms with Crippen molar-refractivity contribution in [3.63, 3.8) is 0 Å². The Morgan fingerprint density at radius 3 is 2.52 bits per heavy atom. The van der Waals surface area contributed by atoms with Gasteiger partial charge in [0.25, 0.3) is 0 Å². The van der Waals surface area contributed by atoms with E-state index in [1.165, 1.54) is 16.5 Å². The fourth-order valence-corrected chi connectivity index (χ4v) is 2.94. The Kier molecular flexibility index (Phi) is 4.17. The molecule has 4 aromatic rings. The molecule has 0 saturated carbocycles. The molecule has 1 N–H and O–H groups in total. The van der Waals surface area contributed by atoms with Gasteiger partial charge in [0.15, 0.2) is 0 Å². The van der Waals surface area contributed by atoms with Gasteiger partial charge in [-0.3, -0.25) is 0 Å². The van der Waals surface area contributed by atoms with Crippen molar-refractivity contribution in [1.29, 1.82) is 0 Å². The second kappa shape index (κ2) is 6.77. The predicted octanol–water partition coefficient (Wildman–Crippen LogP) is 4.52. The van der Waals surface area contributed by atoms with Crippen LogP contribution in [-0.2, 0) is 6.54 Å². The second-order valence-electron chi connectivity index (χ2n) is 6.16. The van der Waals surface area contributed by atoms with Gasteiger partial charge < -0.3 is 9.88 Å².